The van der Waals surface area contributed by atoms with Crippen molar-refractivity contribution in [2.24, 2.45) is 0 Å². The first kappa shape index (κ1) is 10.5. The average Bonchev–Trinajstić information content (AvgIpc) is 2.63. The first-order chi connectivity index (χ1) is 7.65. The predicted molar refractivity (Wildman–Crippen MR) is 60.9 cm³/mol. The minimum Gasteiger partial charge on any atom is -0.467 e. The van der Waals surface area contributed by atoms with Crippen LogP contribution < -0.4 is 5.73 Å². The highest BCUT2D eigenvalue weighted by atomic mass is 16.5. The quantitative estimate of drug-likeness (QED) is 0.774. The molecule has 2 rings (SSSR count). The van der Waals surface area contributed by atoms with E-state index in [0.717, 1.165) is 11.0 Å². The van der Waals surface area contributed by atoms with Crippen LogP contribution in [-0.2, 0) is 9.53 Å². The van der Waals surface area contributed by atoms with Gasteiger partial charge in [0.25, 0.3) is 0 Å². The minimum atomic E-state index is -0.475. The number of nitrogen functional groups attached to an aromatic ring is 1. The molecular weight excluding hydrogens is 206 g/mol. The minimum absolute atomic E-state index is 0.319. The zero-order valence-electron chi connectivity index (χ0n) is 9.18. The van der Waals surface area contributed by atoms with Gasteiger partial charge in [-0.1, -0.05) is 12.1 Å². The number of fused-ring (bicyclic) bond motifs is 1. The lowest BCUT2D eigenvalue weighted by atomic mass is 10.3. The fourth-order valence-corrected chi connectivity index (χ4v) is 1.75. The van der Waals surface area contributed by atoms with Crippen LogP contribution >= 0.6 is 0 Å². The number of esters is 1. The summed E-state index contributed by atoms with van der Waals surface area (Å²) in [6.45, 7) is 1.73. The molecule has 2 aromatic rings. The van der Waals surface area contributed by atoms with E-state index < -0.39 is 6.04 Å². The Morgan fingerprint density at radius 2 is 2.19 bits per heavy atom. The van der Waals surface area contributed by atoms with Gasteiger partial charge in [-0.2, -0.15) is 0 Å². The predicted octanol–water partition coefficient (Wildman–Crippen LogP) is 1.35. The van der Waals surface area contributed by atoms with Crippen molar-refractivity contribution in [3.8, 4) is 0 Å². The molecule has 0 fully saturated rings. The second-order valence-electron chi connectivity index (χ2n) is 3.53. The topological polar surface area (TPSA) is 70.1 Å². The van der Waals surface area contributed by atoms with Gasteiger partial charge >= 0.3 is 5.97 Å². The molecule has 0 radical (unpaired) electrons. The number of anilines is 1. The molecule has 16 heavy (non-hydrogen) atoms. The third kappa shape index (κ3) is 1.50. The fourth-order valence-electron chi connectivity index (χ4n) is 1.75. The lowest BCUT2D eigenvalue weighted by Crippen LogP contribution is -2.19. The monoisotopic (exact) mass is 219 g/mol. The van der Waals surface area contributed by atoms with E-state index in [-0.39, 0.29) is 5.97 Å². The van der Waals surface area contributed by atoms with Crippen molar-refractivity contribution in [3.05, 3.63) is 24.3 Å². The molecule has 84 valence electrons. The summed E-state index contributed by atoms with van der Waals surface area (Å²) in [4.78, 5) is 15.7. The summed E-state index contributed by atoms with van der Waals surface area (Å²) in [6.07, 6.45) is 0. The van der Waals surface area contributed by atoms with Crippen LogP contribution in [0.15, 0.2) is 24.3 Å². The van der Waals surface area contributed by atoms with Crippen molar-refractivity contribution in [2.45, 2.75) is 13.0 Å². The van der Waals surface area contributed by atoms with Crippen molar-refractivity contribution in [2.75, 3.05) is 12.8 Å². The van der Waals surface area contributed by atoms with E-state index >= 15 is 0 Å². The molecule has 5 heteroatoms. The number of rotatable bonds is 2. The number of carbonyl (C=O) groups excluding carboxylic acids is 1. The molecule has 0 aliphatic carbocycles. The lowest BCUT2D eigenvalue weighted by Gasteiger charge is -2.13. The van der Waals surface area contributed by atoms with E-state index in [2.05, 4.69) is 4.98 Å². The number of hydrogen-bond donors (Lipinski definition) is 1. The van der Waals surface area contributed by atoms with Crippen LogP contribution in [0.1, 0.15) is 13.0 Å². The number of carbonyl (C=O) groups is 1. The SMILES string of the molecule is COC(=O)C(C)n1c(N)nc2ccccc21. The Balaban J connectivity index is 2.59. The highest BCUT2D eigenvalue weighted by Crippen LogP contribution is 2.22. The lowest BCUT2D eigenvalue weighted by molar-refractivity contribution is -0.143. The molecule has 0 aliphatic heterocycles. The fraction of sp³-hybridized carbons (Fsp3) is 0.273. The van der Waals surface area contributed by atoms with Crippen LogP contribution in [0.25, 0.3) is 11.0 Å². The molecule has 2 N–H and O–H groups in total. The maximum Gasteiger partial charge on any atom is 0.328 e. The number of imidazole rings is 1. The van der Waals surface area contributed by atoms with Crippen LogP contribution in [0.5, 0.6) is 0 Å². The van der Waals surface area contributed by atoms with Crippen LogP contribution in [0.3, 0.4) is 0 Å². The summed E-state index contributed by atoms with van der Waals surface area (Å²) in [7, 11) is 1.36. The third-order valence-electron chi connectivity index (χ3n) is 2.55. The van der Waals surface area contributed by atoms with Crippen molar-refractivity contribution in [1.82, 2.24) is 9.55 Å². The Bertz CT molecular complexity index is 533. The summed E-state index contributed by atoms with van der Waals surface area (Å²) in [6, 6.07) is 7.01. The molecule has 0 aliphatic rings. The Hall–Kier alpha value is -2.04. The van der Waals surface area contributed by atoms with Crippen LogP contribution in [0, 0.1) is 0 Å². The maximum absolute atomic E-state index is 11.5. The van der Waals surface area contributed by atoms with E-state index in [1.54, 1.807) is 11.5 Å². The maximum atomic E-state index is 11.5. The van der Waals surface area contributed by atoms with Gasteiger partial charge in [-0.05, 0) is 19.1 Å². The van der Waals surface area contributed by atoms with Gasteiger partial charge in [0, 0.05) is 0 Å². The van der Waals surface area contributed by atoms with E-state index in [9.17, 15) is 4.79 Å². The summed E-state index contributed by atoms with van der Waals surface area (Å²) < 4.78 is 6.36. The Kier molecular flexibility index (Phi) is 2.52. The number of nitrogens with zero attached hydrogens (tertiary/aromatic N) is 2. The first-order valence-corrected chi connectivity index (χ1v) is 4.95. The molecular formula is C11H13N3O2. The number of hydrogen-bond acceptors (Lipinski definition) is 4. The van der Waals surface area contributed by atoms with Crippen LogP contribution in [0.2, 0.25) is 0 Å². The van der Waals surface area contributed by atoms with Gasteiger partial charge in [0.15, 0.2) is 0 Å². The number of methoxy groups -OCH3 is 1. The normalized spacial score (nSPS) is 12.6. The van der Waals surface area contributed by atoms with Crippen LogP contribution in [0.4, 0.5) is 5.95 Å². The summed E-state index contributed by atoms with van der Waals surface area (Å²) in [5.41, 5.74) is 7.40. The second kappa shape index (κ2) is 3.84. The van der Waals surface area contributed by atoms with Gasteiger partial charge in [0.05, 0.1) is 18.1 Å². The molecule has 0 saturated carbocycles. The van der Waals surface area contributed by atoms with Crippen LogP contribution in [-0.4, -0.2) is 22.6 Å². The van der Waals surface area contributed by atoms with Gasteiger partial charge in [-0.15, -0.1) is 0 Å². The zero-order valence-corrected chi connectivity index (χ0v) is 9.18. The van der Waals surface area contributed by atoms with E-state index in [1.165, 1.54) is 7.11 Å². The van der Waals surface area contributed by atoms with Gasteiger partial charge in [0.1, 0.15) is 6.04 Å². The van der Waals surface area contributed by atoms with Gasteiger partial charge < -0.3 is 10.5 Å². The molecule has 0 amide bonds. The van der Waals surface area contributed by atoms with Crippen molar-refractivity contribution in [3.63, 3.8) is 0 Å². The van der Waals surface area contributed by atoms with E-state index in [0.29, 0.717) is 5.95 Å². The van der Waals surface area contributed by atoms with E-state index in [4.69, 9.17) is 10.5 Å². The zero-order chi connectivity index (χ0) is 11.7. The third-order valence-corrected chi connectivity index (χ3v) is 2.55. The molecule has 1 unspecified atom stereocenters. The van der Waals surface area contributed by atoms with E-state index in [1.807, 2.05) is 24.3 Å². The van der Waals surface area contributed by atoms with Gasteiger partial charge in [-0.25, -0.2) is 9.78 Å². The number of nitrogens with two attached hydrogens (primary N) is 1. The Labute approximate surface area is 92.8 Å². The molecule has 0 bridgehead atoms. The number of para-hydroxylation sites is 2. The largest absolute Gasteiger partial charge is 0.467 e. The standard InChI is InChI=1S/C11H13N3O2/c1-7(10(15)16-2)14-9-6-4-3-5-8(9)13-11(14)12/h3-7H,1-2H3,(H2,12,13). The summed E-state index contributed by atoms with van der Waals surface area (Å²) in [5, 5.41) is 0. The molecule has 1 atom stereocenters. The van der Waals surface area contributed by atoms with Gasteiger partial charge in [0.2, 0.25) is 5.95 Å². The molecule has 1 heterocycles. The molecule has 0 spiro atoms. The number of ether oxygens (including phenoxy) is 1. The van der Waals surface area contributed by atoms with Gasteiger partial charge in [-0.3, -0.25) is 4.57 Å². The smallest absolute Gasteiger partial charge is 0.328 e. The highest BCUT2D eigenvalue weighted by Gasteiger charge is 2.20. The highest BCUT2D eigenvalue weighted by molar-refractivity contribution is 5.82. The molecule has 0 saturated heterocycles. The van der Waals surface area contributed by atoms with Crippen molar-refractivity contribution >= 4 is 23.0 Å². The average molecular weight is 219 g/mol. The molecule has 5 nitrogen and oxygen atoms in total. The number of benzene rings is 1. The molecule has 1 aromatic carbocycles. The van der Waals surface area contributed by atoms with Crippen molar-refractivity contribution in [1.29, 1.82) is 0 Å². The summed E-state index contributed by atoms with van der Waals surface area (Å²) >= 11 is 0. The summed E-state index contributed by atoms with van der Waals surface area (Å²) in [5.74, 6) is -0.0195. The molecule has 1 aromatic heterocycles. The van der Waals surface area contributed by atoms with Crippen molar-refractivity contribution < 1.29 is 9.53 Å². The Morgan fingerprint density at radius 3 is 2.88 bits per heavy atom. The first-order valence-electron chi connectivity index (χ1n) is 4.95. The Morgan fingerprint density at radius 1 is 1.50 bits per heavy atom. The number of aromatic nitrogens is 2. The second-order valence-corrected chi connectivity index (χ2v) is 3.53.